The van der Waals surface area contributed by atoms with Crippen molar-refractivity contribution >= 4 is 28.4 Å². The first-order valence-electron chi connectivity index (χ1n) is 12.1. The minimum Gasteiger partial charge on any atom is -0.387 e. The number of carbonyl (C=O) groups excluding carboxylic acids is 2. The van der Waals surface area contributed by atoms with Crippen LogP contribution in [0.25, 0.3) is 10.9 Å². The molecule has 0 aliphatic carbocycles. The monoisotopic (exact) mass is 496 g/mol. The molecule has 2 N–H and O–H groups in total. The number of aliphatic hydroxyl groups is 1. The zero-order valence-corrected chi connectivity index (χ0v) is 19.8. The molecule has 2 aliphatic heterocycles. The molecule has 0 bridgehead atoms. The number of para-hydroxylation sites is 1. The molecule has 1 saturated heterocycles. The summed E-state index contributed by atoms with van der Waals surface area (Å²) < 4.78 is 0. The summed E-state index contributed by atoms with van der Waals surface area (Å²) in [7, 11) is 0. The first kappa shape index (κ1) is 22.9. The van der Waals surface area contributed by atoms with Crippen molar-refractivity contribution in [2.24, 2.45) is 0 Å². The Labute approximate surface area is 212 Å². The number of nitrogens with one attached hydrogen (secondary N) is 1. The lowest BCUT2D eigenvalue weighted by molar-refractivity contribution is -0.384. The van der Waals surface area contributed by atoms with Crippen molar-refractivity contribution < 1.29 is 19.6 Å². The van der Waals surface area contributed by atoms with Gasteiger partial charge in [-0.05, 0) is 22.8 Å². The molecule has 0 radical (unpaired) electrons. The van der Waals surface area contributed by atoms with E-state index in [0.717, 1.165) is 22.2 Å². The number of piperazine rings is 1. The van der Waals surface area contributed by atoms with Crippen LogP contribution >= 0.6 is 0 Å². The van der Waals surface area contributed by atoms with Crippen LogP contribution in [0.3, 0.4) is 0 Å². The lowest BCUT2D eigenvalue weighted by Gasteiger charge is -2.47. The number of β-amino-alcohol motifs (C(OH)–C–C–N with tert-alkyl or cyclic N) is 1. The number of hydrogen-bond acceptors (Lipinski definition) is 5. The number of hydrogen-bond donors (Lipinski definition) is 2. The summed E-state index contributed by atoms with van der Waals surface area (Å²) in [6.07, 6.45) is -0.614. The van der Waals surface area contributed by atoms with Crippen molar-refractivity contribution in [3.8, 4) is 0 Å². The highest BCUT2D eigenvalue weighted by atomic mass is 16.6. The number of fused-ring (bicyclic) bond motifs is 4. The van der Waals surface area contributed by atoms with E-state index in [2.05, 4.69) is 4.98 Å². The van der Waals surface area contributed by atoms with Crippen molar-refractivity contribution in [1.82, 2.24) is 14.8 Å². The van der Waals surface area contributed by atoms with Crippen LogP contribution in [-0.4, -0.2) is 55.8 Å². The second-order valence-corrected chi connectivity index (χ2v) is 9.48. The maximum absolute atomic E-state index is 13.8. The smallest absolute Gasteiger partial charge is 0.269 e. The Kier molecular flexibility index (Phi) is 5.49. The van der Waals surface area contributed by atoms with Crippen molar-refractivity contribution in [3.63, 3.8) is 0 Å². The van der Waals surface area contributed by atoms with Crippen LogP contribution in [0.4, 0.5) is 5.69 Å². The zero-order valence-electron chi connectivity index (χ0n) is 19.8. The highest BCUT2D eigenvalue weighted by Gasteiger charge is 2.48. The molecule has 6 rings (SSSR count). The van der Waals surface area contributed by atoms with Crippen LogP contribution in [0, 0.1) is 10.1 Å². The average molecular weight is 497 g/mol. The number of aliphatic hydroxyl groups excluding tert-OH is 1. The molecule has 0 spiro atoms. The SMILES string of the molecule is O=C1[C@@H]2Cc3c([nH]c4ccccc34)[C@@H](c3cccc([N+](=O)[O-])c3)N2C(=O)CN1C[C@@H](O)c1ccccc1. The number of nitro groups is 1. The van der Waals surface area contributed by atoms with Gasteiger partial charge in [0.15, 0.2) is 0 Å². The van der Waals surface area contributed by atoms with E-state index >= 15 is 0 Å². The van der Waals surface area contributed by atoms with E-state index in [1.807, 2.05) is 42.5 Å². The van der Waals surface area contributed by atoms with E-state index in [0.29, 0.717) is 17.5 Å². The molecule has 37 heavy (non-hydrogen) atoms. The van der Waals surface area contributed by atoms with E-state index in [9.17, 15) is 24.8 Å². The third-order valence-electron chi connectivity index (χ3n) is 7.32. The Morgan fingerprint density at radius 2 is 1.78 bits per heavy atom. The fourth-order valence-electron chi connectivity index (χ4n) is 5.62. The van der Waals surface area contributed by atoms with Crippen molar-refractivity contribution in [2.45, 2.75) is 24.6 Å². The van der Waals surface area contributed by atoms with E-state index in [1.54, 1.807) is 29.2 Å². The van der Waals surface area contributed by atoms with Crippen LogP contribution in [0.15, 0.2) is 78.9 Å². The summed E-state index contributed by atoms with van der Waals surface area (Å²) in [6.45, 7) is -0.179. The van der Waals surface area contributed by atoms with Crippen LogP contribution in [0.5, 0.6) is 0 Å². The molecule has 3 atom stereocenters. The molecule has 2 aliphatic rings. The summed E-state index contributed by atoms with van der Waals surface area (Å²) in [5.41, 5.74) is 3.70. The summed E-state index contributed by atoms with van der Waals surface area (Å²) in [6, 6.07) is 21.5. The van der Waals surface area contributed by atoms with Gasteiger partial charge < -0.3 is 19.9 Å². The summed E-state index contributed by atoms with van der Waals surface area (Å²) in [5.74, 6) is -0.522. The van der Waals surface area contributed by atoms with Gasteiger partial charge in [0, 0.05) is 35.2 Å². The highest BCUT2D eigenvalue weighted by molar-refractivity contribution is 5.97. The molecule has 1 aromatic heterocycles. The van der Waals surface area contributed by atoms with E-state index in [-0.39, 0.29) is 30.6 Å². The fraction of sp³-hybridized carbons (Fsp3) is 0.214. The van der Waals surface area contributed by atoms with Gasteiger partial charge in [0.2, 0.25) is 11.8 Å². The maximum Gasteiger partial charge on any atom is 0.269 e. The number of nitro benzene ring substituents is 1. The van der Waals surface area contributed by atoms with Crippen molar-refractivity contribution in [3.05, 3.63) is 111 Å². The lowest BCUT2D eigenvalue weighted by atomic mass is 9.86. The number of nitrogens with zero attached hydrogens (tertiary/aromatic N) is 3. The van der Waals surface area contributed by atoms with Gasteiger partial charge in [-0.1, -0.05) is 60.7 Å². The molecule has 3 aromatic carbocycles. The van der Waals surface area contributed by atoms with Gasteiger partial charge in [-0.25, -0.2) is 0 Å². The minimum atomic E-state index is -0.927. The summed E-state index contributed by atoms with van der Waals surface area (Å²) in [5, 5.41) is 23.2. The van der Waals surface area contributed by atoms with Crippen LogP contribution < -0.4 is 0 Å². The van der Waals surface area contributed by atoms with Crippen LogP contribution in [-0.2, 0) is 16.0 Å². The number of H-pyrrole nitrogens is 1. The first-order valence-corrected chi connectivity index (χ1v) is 12.1. The highest BCUT2D eigenvalue weighted by Crippen LogP contribution is 2.43. The lowest BCUT2D eigenvalue weighted by Crippen LogP contribution is -2.63. The standard InChI is InChI=1S/C28H24N4O5/c33-24(17-7-2-1-3-8-17)15-30-16-25(34)31-23(28(30)35)14-21-20-11-4-5-12-22(20)29-26(21)27(31)18-9-6-10-19(13-18)32(36)37/h1-13,23-24,27,29,33H,14-16H2/t23-,24+,27+/m0/s1. The van der Waals surface area contributed by atoms with Crippen molar-refractivity contribution in [2.75, 3.05) is 13.1 Å². The third kappa shape index (κ3) is 3.84. The number of carbonyl (C=O) groups is 2. The number of aromatic nitrogens is 1. The Hall–Kier alpha value is -4.50. The van der Waals surface area contributed by atoms with Gasteiger partial charge in [-0.15, -0.1) is 0 Å². The molecule has 1 fully saturated rings. The Balaban J connectivity index is 1.43. The van der Waals surface area contributed by atoms with E-state index in [1.165, 1.54) is 17.0 Å². The first-order chi connectivity index (χ1) is 17.9. The molecule has 0 unspecified atom stereocenters. The number of aromatic amines is 1. The number of benzene rings is 3. The third-order valence-corrected chi connectivity index (χ3v) is 7.32. The fourth-order valence-corrected chi connectivity index (χ4v) is 5.62. The van der Waals surface area contributed by atoms with Crippen LogP contribution in [0.2, 0.25) is 0 Å². The second kappa shape index (κ2) is 8.86. The van der Waals surface area contributed by atoms with Gasteiger partial charge in [0.05, 0.1) is 30.2 Å². The quantitative estimate of drug-likeness (QED) is 0.324. The summed E-state index contributed by atoms with van der Waals surface area (Å²) in [4.78, 5) is 44.9. The Bertz CT molecular complexity index is 1530. The molecular formula is C28H24N4O5. The number of amides is 2. The van der Waals surface area contributed by atoms with Gasteiger partial charge in [-0.3, -0.25) is 19.7 Å². The molecular weight excluding hydrogens is 472 g/mol. The topological polar surface area (TPSA) is 120 Å². The summed E-state index contributed by atoms with van der Waals surface area (Å²) >= 11 is 0. The molecule has 3 heterocycles. The van der Waals surface area contributed by atoms with Crippen molar-refractivity contribution in [1.29, 1.82) is 0 Å². The van der Waals surface area contributed by atoms with Gasteiger partial charge >= 0.3 is 0 Å². The predicted octanol–water partition coefficient (Wildman–Crippen LogP) is 3.49. The number of non-ortho nitro benzene ring substituents is 1. The molecule has 9 nitrogen and oxygen atoms in total. The normalized spacial score (nSPS) is 20.0. The van der Waals surface area contributed by atoms with Gasteiger partial charge in [0.25, 0.3) is 5.69 Å². The maximum atomic E-state index is 13.8. The van der Waals surface area contributed by atoms with E-state index in [4.69, 9.17) is 0 Å². The minimum absolute atomic E-state index is 0.00113. The molecule has 0 saturated carbocycles. The van der Waals surface area contributed by atoms with E-state index < -0.39 is 23.1 Å². The molecule has 186 valence electrons. The zero-order chi connectivity index (χ0) is 25.7. The van der Waals surface area contributed by atoms with Crippen LogP contribution in [0.1, 0.15) is 34.5 Å². The van der Waals surface area contributed by atoms with Gasteiger partial charge in [-0.2, -0.15) is 0 Å². The Morgan fingerprint density at radius 1 is 1.03 bits per heavy atom. The largest absolute Gasteiger partial charge is 0.387 e. The molecule has 2 amide bonds. The molecule has 9 heteroatoms. The number of rotatable bonds is 5. The Morgan fingerprint density at radius 3 is 2.57 bits per heavy atom. The molecule has 4 aromatic rings. The average Bonchev–Trinajstić information content (AvgIpc) is 3.29. The van der Waals surface area contributed by atoms with Gasteiger partial charge in [0.1, 0.15) is 6.04 Å². The second-order valence-electron chi connectivity index (χ2n) is 9.48. The predicted molar refractivity (Wildman–Crippen MR) is 136 cm³/mol.